The van der Waals surface area contributed by atoms with Crippen LogP contribution in [-0.2, 0) is 20.2 Å². The fraction of sp³-hybridized carbons (Fsp3) is 0.300. The van der Waals surface area contributed by atoms with E-state index >= 15 is 0 Å². The van der Waals surface area contributed by atoms with Crippen molar-refractivity contribution in [2.45, 2.75) is 31.1 Å². The Morgan fingerprint density at radius 1 is 0.966 bits per heavy atom. The minimum absolute atomic E-state index is 0.0140. The van der Waals surface area contributed by atoms with Gasteiger partial charge in [0, 0.05) is 17.6 Å². The molecule has 0 heterocycles. The monoisotopic (exact) mass is 437 g/mol. The summed E-state index contributed by atoms with van der Waals surface area (Å²) >= 11 is 5.77. The van der Waals surface area contributed by atoms with E-state index in [0.29, 0.717) is 10.6 Å². The molecule has 2 amide bonds. The number of halogens is 1. The SMILES string of the molecule is CN(CC(=O)NNC(=O)c1ccc(C(C)(C)C)cc1)S(=O)(=O)c1ccc(Cl)cc1. The van der Waals surface area contributed by atoms with Gasteiger partial charge >= 0.3 is 0 Å². The minimum Gasteiger partial charge on any atom is -0.272 e. The number of likely N-dealkylation sites (N-methyl/N-ethyl adjacent to an activating group) is 1. The number of nitrogens with one attached hydrogen (secondary N) is 2. The lowest BCUT2D eigenvalue weighted by molar-refractivity contribution is -0.121. The fourth-order valence-electron chi connectivity index (χ4n) is 2.43. The highest BCUT2D eigenvalue weighted by Crippen LogP contribution is 2.22. The maximum atomic E-state index is 12.5. The van der Waals surface area contributed by atoms with Crippen molar-refractivity contribution >= 4 is 33.4 Å². The van der Waals surface area contributed by atoms with Gasteiger partial charge in [0.25, 0.3) is 11.8 Å². The van der Waals surface area contributed by atoms with Gasteiger partial charge in [-0.05, 0) is 47.4 Å². The van der Waals surface area contributed by atoms with Gasteiger partial charge in [0.1, 0.15) is 0 Å². The summed E-state index contributed by atoms with van der Waals surface area (Å²) in [4.78, 5) is 24.2. The van der Waals surface area contributed by atoms with Gasteiger partial charge in [-0.1, -0.05) is 44.5 Å². The zero-order chi connectivity index (χ0) is 21.8. The van der Waals surface area contributed by atoms with E-state index in [4.69, 9.17) is 11.6 Å². The van der Waals surface area contributed by atoms with Crippen molar-refractivity contribution in [1.29, 1.82) is 0 Å². The summed E-state index contributed by atoms with van der Waals surface area (Å²) in [6.45, 7) is 5.73. The molecular weight excluding hydrogens is 414 g/mol. The topological polar surface area (TPSA) is 95.6 Å². The van der Waals surface area contributed by atoms with Gasteiger partial charge in [0.15, 0.2) is 0 Å². The van der Waals surface area contributed by atoms with Crippen LogP contribution in [0.15, 0.2) is 53.4 Å². The Balaban J connectivity index is 1.93. The number of carbonyl (C=O) groups excluding carboxylic acids is 2. The molecule has 0 fully saturated rings. The third kappa shape index (κ3) is 6.03. The first kappa shape index (κ1) is 22.9. The van der Waals surface area contributed by atoms with Crippen LogP contribution in [0.2, 0.25) is 5.02 Å². The zero-order valence-electron chi connectivity index (χ0n) is 16.7. The highest BCUT2D eigenvalue weighted by atomic mass is 35.5. The van der Waals surface area contributed by atoms with Crippen molar-refractivity contribution in [2.24, 2.45) is 0 Å². The van der Waals surface area contributed by atoms with Gasteiger partial charge in [-0.15, -0.1) is 0 Å². The molecule has 0 radical (unpaired) electrons. The van der Waals surface area contributed by atoms with Crippen molar-refractivity contribution in [2.75, 3.05) is 13.6 Å². The molecule has 0 atom stereocenters. The number of sulfonamides is 1. The first-order chi connectivity index (χ1) is 13.4. The lowest BCUT2D eigenvalue weighted by Crippen LogP contribution is -2.46. The van der Waals surface area contributed by atoms with Crippen LogP contribution in [0.5, 0.6) is 0 Å². The summed E-state index contributed by atoms with van der Waals surface area (Å²) in [6, 6.07) is 12.6. The molecule has 0 aliphatic heterocycles. The Hall–Kier alpha value is -2.42. The number of carbonyl (C=O) groups is 2. The molecule has 0 aliphatic carbocycles. The predicted octanol–water partition coefficient (Wildman–Crippen LogP) is 2.72. The summed E-state index contributed by atoms with van der Waals surface area (Å²) in [5.74, 6) is -1.17. The fourth-order valence-corrected chi connectivity index (χ4v) is 3.69. The second-order valence-electron chi connectivity index (χ2n) is 7.54. The summed E-state index contributed by atoms with van der Waals surface area (Å²) in [7, 11) is -2.58. The molecule has 29 heavy (non-hydrogen) atoms. The molecule has 0 spiro atoms. The molecule has 9 heteroatoms. The first-order valence-electron chi connectivity index (χ1n) is 8.83. The Labute approximate surface area is 176 Å². The maximum absolute atomic E-state index is 12.5. The first-order valence-corrected chi connectivity index (χ1v) is 10.6. The molecule has 2 aromatic rings. The molecule has 2 aromatic carbocycles. The van der Waals surface area contributed by atoms with Crippen LogP contribution in [0.25, 0.3) is 0 Å². The van der Waals surface area contributed by atoms with Crippen LogP contribution in [0.1, 0.15) is 36.7 Å². The Morgan fingerprint density at radius 2 is 1.52 bits per heavy atom. The van der Waals surface area contributed by atoms with Crippen molar-refractivity contribution in [1.82, 2.24) is 15.2 Å². The predicted molar refractivity (Wildman–Crippen MR) is 112 cm³/mol. The second kappa shape index (κ2) is 8.94. The molecule has 156 valence electrons. The molecule has 0 saturated heterocycles. The standard InChI is InChI=1S/C20H24ClN3O4S/c1-20(2,3)15-7-5-14(6-8-15)19(26)23-22-18(25)13-24(4)29(27,28)17-11-9-16(21)10-12-17/h5-12H,13H2,1-4H3,(H,22,25)(H,23,26). The van der Waals surface area contributed by atoms with Crippen molar-refractivity contribution in [3.8, 4) is 0 Å². The number of hydrazine groups is 1. The molecule has 0 bridgehead atoms. The van der Waals surface area contributed by atoms with E-state index in [2.05, 4.69) is 31.6 Å². The van der Waals surface area contributed by atoms with Crippen LogP contribution >= 0.6 is 11.6 Å². The highest BCUT2D eigenvalue weighted by Gasteiger charge is 2.23. The molecule has 0 aliphatic rings. The highest BCUT2D eigenvalue weighted by molar-refractivity contribution is 7.89. The maximum Gasteiger partial charge on any atom is 0.269 e. The number of hydrogen-bond donors (Lipinski definition) is 2. The minimum atomic E-state index is -3.86. The molecular formula is C20H24ClN3O4S. The number of hydrogen-bond acceptors (Lipinski definition) is 4. The van der Waals surface area contributed by atoms with E-state index in [-0.39, 0.29) is 10.3 Å². The zero-order valence-corrected chi connectivity index (χ0v) is 18.3. The third-order valence-electron chi connectivity index (χ3n) is 4.22. The van der Waals surface area contributed by atoms with E-state index in [0.717, 1.165) is 9.87 Å². The van der Waals surface area contributed by atoms with Gasteiger partial charge in [0.05, 0.1) is 11.4 Å². The molecule has 0 unspecified atom stereocenters. The number of rotatable bonds is 5. The third-order valence-corrected chi connectivity index (χ3v) is 6.29. The van der Waals surface area contributed by atoms with E-state index in [9.17, 15) is 18.0 Å². The number of nitrogens with zero attached hydrogens (tertiary/aromatic N) is 1. The summed E-state index contributed by atoms with van der Waals surface area (Å²) in [5, 5.41) is 0.405. The summed E-state index contributed by atoms with van der Waals surface area (Å²) in [5.41, 5.74) is 5.92. The Bertz CT molecular complexity index is 982. The van der Waals surface area contributed by atoms with Crippen molar-refractivity contribution in [3.63, 3.8) is 0 Å². The van der Waals surface area contributed by atoms with E-state index < -0.39 is 28.4 Å². The Kier molecular flexibility index (Phi) is 7.05. The average Bonchev–Trinajstić information content (AvgIpc) is 2.65. The summed E-state index contributed by atoms with van der Waals surface area (Å²) in [6.07, 6.45) is 0. The van der Waals surface area contributed by atoms with E-state index in [1.54, 1.807) is 12.1 Å². The molecule has 7 nitrogen and oxygen atoms in total. The van der Waals surface area contributed by atoms with E-state index in [1.165, 1.54) is 31.3 Å². The van der Waals surface area contributed by atoms with Crippen LogP contribution in [0.3, 0.4) is 0 Å². The summed E-state index contributed by atoms with van der Waals surface area (Å²) < 4.78 is 25.8. The van der Waals surface area contributed by atoms with Crippen LogP contribution in [-0.4, -0.2) is 38.1 Å². The molecule has 2 N–H and O–H groups in total. The average molecular weight is 438 g/mol. The van der Waals surface area contributed by atoms with Crippen LogP contribution < -0.4 is 10.9 Å². The van der Waals surface area contributed by atoms with E-state index in [1.807, 2.05) is 12.1 Å². The Morgan fingerprint density at radius 3 is 2.03 bits per heavy atom. The van der Waals surface area contributed by atoms with Gasteiger partial charge < -0.3 is 0 Å². The number of amides is 2. The van der Waals surface area contributed by atoms with Gasteiger partial charge in [-0.2, -0.15) is 4.31 Å². The largest absolute Gasteiger partial charge is 0.272 e. The van der Waals surface area contributed by atoms with Crippen molar-refractivity contribution < 1.29 is 18.0 Å². The van der Waals surface area contributed by atoms with Gasteiger partial charge in [-0.25, -0.2) is 8.42 Å². The molecule has 0 saturated carbocycles. The van der Waals surface area contributed by atoms with Crippen molar-refractivity contribution in [3.05, 3.63) is 64.7 Å². The van der Waals surface area contributed by atoms with Gasteiger partial charge in [-0.3, -0.25) is 20.4 Å². The lowest BCUT2D eigenvalue weighted by Gasteiger charge is -2.19. The lowest BCUT2D eigenvalue weighted by atomic mass is 9.87. The molecule has 0 aromatic heterocycles. The number of benzene rings is 2. The van der Waals surface area contributed by atoms with Crippen LogP contribution in [0.4, 0.5) is 0 Å². The van der Waals surface area contributed by atoms with Gasteiger partial charge in [0.2, 0.25) is 10.0 Å². The molecule has 2 rings (SSSR count). The second-order valence-corrected chi connectivity index (χ2v) is 10.0. The normalized spacial score (nSPS) is 11.9. The smallest absolute Gasteiger partial charge is 0.269 e. The quantitative estimate of drug-likeness (QED) is 0.703. The van der Waals surface area contributed by atoms with Crippen LogP contribution in [0, 0.1) is 0 Å².